The van der Waals surface area contributed by atoms with Crippen molar-refractivity contribution in [2.75, 3.05) is 20.3 Å². The first-order chi connectivity index (χ1) is 14.1. The molecule has 0 aliphatic carbocycles. The van der Waals surface area contributed by atoms with Gasteiger partial charge in [-0.15, -0.1) is 0 Å². The third-order valence-electron chi connectivity index (χ3n) is 4.68. The van der Waals surface area contributed by atoms with Gasteiger partial charge in [0.15, 0.2) is 11.8 Å². The molecule has 3 aromatic heterocycles. The van der Waals surface area contributed by atoms with E-state index in [2.05, 4.69) is 19.9 Å². The second kappa shape index (κ2) is 7.58. The van der Waals surface area contributed by atoms with Crippen LogP contribution in [0.3, 0.4) is 0 Å². The van der Waals surface area contributed by atoms with Gasteiger partial charge in [-0.2, -0.15) is 9.97 Å². The maximum absolute atomic E-state index is 9.83. The summed E-state index contributed by atoms with van der Waals surface area (Å²) >= 11 is 7.67. The van der Waals surface area contributed by atoms with Gasteiger partial charge >= 0.3 is 0 Å². The lowest BCUT2D eigenvalue weighted by Crippen LogP contribution is -2.34. The van der Waals surface area contributed by atoms with Crippen LogP contribution in [0.4, 0.5) is 0 Å². The zero-order valence-electron chi connectivity index (χ0n) is 15.2. The number of methoxy groups -OCH3 is 1. The molecule has 0 bridgehead atoms. The summed E-state index contributed by atoms with van der Waals surface area (Å²) in [6.07, 6.45) is -0.0318. The van der Waals surface area contributed by atoms with E-state index in [0.29, 0.717) is 28.0 Å². The zero-order chi connectivity index (χ0) is 20.0. The van der Waals surface area contributed by atoms with Crippen molar-refractivity contribution in [2.24, 2.45) is 0 Å². The summed E-state index contributed by atoms with van der Waals surface area (Å²) in [5, 5.41) is 10.7. The number of halogens is 1. The fourth-order valence-corrected chi connectivity index (χ4v) is 4.16. The summed E-state index contributed by atoms with van der Waals surface area (Å²) in [5.41, 5.74) is 1.02. The second-order valence-corrected chi connectivity index (χ2v) is 8.08. The summed E-state index contributed by atoms with van der Waals surface area (Å²) in [6, 6.07) is 1.95. The molecule has 29 heavy (non-hydrogen) atoms. The van der Waals surface area contributed by atoms with E-state index in [4.69, 9.17) is 35.3 Å². The van der Waals surface area contributed by atoms with Crippen LogP contribution in [0.5, 0.6) is 17.1 Å². The maximum atomic E-state index is 9.83. The fraction of sp³-hybridized carbons (Fsp3) is 0.471. The Balaban J connectivity index is 1.30. The minimum Gasteiger partial charge on any atom is -0.473 e. The number of fused-ring (bicyclic) bond motifs is 2. The van der Waals surface area contributed by atoms with Gasteiger partial charge in [-0.3, -0.25) is 0 Å². The van der Waals surface area contributed by atoms with Gasteiger partial charge in [0.05, 0.1) is 30.7 Å². The van der Waals surface area contributed by atoms with Crippen LogP contribution in [0.25, 0.3) is 11.2 Å². The van der Waals surface area contributed by atoms with Crippen LogP contribution in [0.2, 0.25) is 5.02 Å². The number of imidazole rings is 1. The van der Waals surface area contributed by atoms with Crippen molar-refractivity contribution in [3.63, 3.8) is 0 Å². The van der Waals surface area contributed by atoms with Crippen LogP contribution in [0.15, 0.2) is 12.3 Å². The summed E-state index contributed by atoms with van der Waals surface area (Å²) in [6.45, 7) is 0.804. The monoisotopic (exact) mass is 440 g/mol. The molecule has 2 N–H and O–H groups in total. The first-order valence-corrected chi connectivity index (χ1v) is 10.1. The van der Waals surface area contributed by atoms with Gasteiger partial charge in [-0.25, -0.2) is 4.98 Å². The quantitative estimate of drug-likeness (QED) is 0.588. The standard InChI is InChI=1S/C17H17ClN4O6S/c1-24-17-19-3-7(29-17)4-27-15-8(18)2-9-14(21-15)22-16(20-9)28-11-6-26-12-10(23)5-25-13(11)12/h2-3,10-13,23H,4-6H2,1H3,(H,20,21,22)/t10-,11-,12-,13-/m1/s1. The SMILES string of the molecule is COc1ncc(COc2nc3nc(O[C@@H]4CO[C@H]5[C@@H]4OC[C@H]5O)[nH]c3cc2Cl)s1. The van der Waals surface area contributed by atoms with Crippen LogP contribution in [0, 0.1) is 0 Å². The molecule has 5 rings (SSSR count). The molecule has 3 aromatic rings. The molecule has 0 unspecified atom stereocenters. The maximum Gasteiger partial charge on any atom is 0.296 e. The molecule has 0 amide bonds. The normalized spacial score (nSPS) is 26.0. The number of thiazole rings is 1. The lowest BCUT2D eigenvalue weighted by atomic mass is 10.1. The molecular weight excluding hydrogens is 424 g/mol. The molecular formula is C17H17ClN4O6S. The number of H-pyrrole nitrogens is 1. The molecule has 12 heteroatoms. The lowest BCUT2D eigenvalue weighted by molar-refractivity contribution is 0.00706. The van der Waals surface area contributed by atoms with Gasteiger partial charge in [-0.05, 0) is 6.07 Å². The number of pyridine rings is 1. The van der Waals surface area contributed by atoms with Crippen molar-refractivity contribution in [3.8, 4) is 17.1 Å². The predicted octanol–water partition coefficient (Wildman–Crippen LogP) is 1.56. The Kier molecular flexibility index (Phi) is 4.92. The number of nitrogens with zero attached hydrogens (tertiary/aromatic N) is 3. The van der Waals surface area contributed by atoms with E-state index < -0.39 is 6.10 Å². The number of hydrogen-bond donors (Lipinski definition) is 2. The Hall–Kier alpha value is -2.18. The number of rotatable bonds is 6. The average Bonchev–Trinajstić information content (AvgIpc) is 3.47. The topological polar surface area (TPSA) is 121 Å². The number of aromatic amines is 1. The highest BCUT2D eigenvalue weighted by atomic mass is 35.5. The number of hydrogen-bond acceptors (Lipinski definition) is 10. The van der Waals surface area contributed by atoms with Crippen molar-refractivity contribution in [1.82, 2.24) is 19.9 Å². The van der Waals surface area contributed by atoms with Crippen LogP contribution < -0.4 is 14.2 Å². The number of nitrogens with one attached hydrogen (secondary N) is 1. The molecule has 2 aliphatic rings. The molecule has 2 aliphatic heterocycles. The molecule has 4 atom stereocenters. The second-order valence-electron chi connectivity index (χ2n) is 6.59. The minimum atomic E-state index is -0.636. The fourth-order valence-electron chi connectivity index (χ4n) is 3.31. The van der Waals surface area contributed by atoms with Crippen molar-refractivity contribution >= 4 is 34.1 Å². The van der Waals surface area contributed by atoms with Crippen LogP contribution in [-0.2, 0) is 16.1 Å². The Bertz CT molecular complexity index is 1030. The van der Waals surface area contributed by atoms with Gasteiger partial charge < -0.3 is 33.8 Å². The van der Waals surface area contributed by atoms with E-state index in [1.165, 1.54) is 11.3 Å². The third-order valence-corrected chi connectivity index (χ3v) is 5.88. The van der Waals surface area contributed by atoms with Crippen molar-refractivity contribution in [2.45, 2.75) is 31.0 Å². The van der Waals surface area contributed by atoms with Crippen molar-refractivity contribution < 1.29 is 28.8 Å². The molecule has 5 heterocycles. The number of aromatic nitrogens is 4. The van der Waals surface area contributed by atoms with E-state index in [9.17, 15) is 5.11 Å². The lowest BCUT2D eigenvalue weighted by Gasteiger charge is -2.15. The molecule has 0 saturated carbocycles. The average molecular weight is 441 g/mol. The largest absolute Gasteiger partial charge is 0.473 e. The third kappa shape index (κ3) is 3.60. The van der Waals surface area contributed by atoms with Crippen molar-refractivity contribution in [1.29, 1.82) is 0 Å². The van der Waals surface area contributed by atoms with Crippen molar-refractivity contribution in [3.05, 3.63) is 22.2 Å². The number of aliphatic hydroxyl groups excluding tert-OH is 1. The highest BCUT2D eigenvalue weighted by molar-refractivity contribution is 7.13. The Morgan fingerprint density at radius 3 is 3.00 bits per heavy atom. The van der Waals surface area contributed by atoms with Crippen LogP contribution in [-0.4, -0.2) is 69.8 Å². The Morgan fingerprint density at radius 1 is 1.31 bits per heavy atom. The Morgan fingerprint density at radius 2 is 2.17 bits per heavy atom. The summed E-state index contributed by atoms with van der Waals surface area (Å²) in [4.78, 5) is 16.7. The minimum absolute atomic E-state index is 0.235. The molecule has 2 saturated heterocycles. The molecule has 0 radical (unpaired) electrons. The van der Waals surface area contributed by atoms with E-state index in [1.54, 1.807) is 19.4 Å². The van der Waals surface area contributed by atoms with E-state index in [0.717, 1.165) is 4.88 Å². The highest BCUT2D eigenvalue weighted by Gasteiger charge is 2.48. The summed E-state index contributed by atoms with van der Waals surface area (Å²) in [5.74, 6) is 0.260. The Labute approximate surface area is 173 Å². The molecule has 0 aromatic carbocycles. The van der Waals surface area contributed by atoms with Gasteiger partial charge in [0.1, 0.15) is 29.9 Å². The molecule has 10 nitrogen and oxygen atoms in total. The summed E-state index contributed by atoms with van der Waals surface area (Å²) in [7, 11) is 1.56. The van der Waals surface area contributed by atoms with Crippen LogP contribution >= 0.6 is 22.9 Å². The highest BCUT2D eigenvalue weighted by Crippen LogP contribution is 2.31. The van der Waals surface area contributed by atoms with Gasteiger partial charge in [0, 0.05) is 6.20 Å². The number of aliphatic hydroxyl groups is 1. The molecule has 154 valence electrons. The van der Waals surface area contributed by atoms with Gasteiger partial charge in [0.2, 0.25) is 5.88 Å². The predicted molar refractivity (Wildman–Crippen MR) is 102 cm³/mol. The van der Waals surface area contributed by atoms with Crippen LogP contribution in [0.1, 0.15) is 4.88 Å². The molecule has 2 fully saturated rings. The zero-order valence-corrected chi connectivity index (χ0v) is 16.8. The molecule has 0 spiro atoms. The van der Waals surface area contributed by atoms with Gasteiger partial charge in [0.25, 0.3) is 11.2 Å². The smallest absolute Gasteiger partial charge is 0.296 e. The summed E-state index contributed by atoms with van der Waals surface area (Å²) < 4.78 is 27.8. The first-order valence-electron chi connectivity index (χ1n) is 8.86. The van der Waals surface area contributed by atoms with Gasteiger partial charge in [-0.1, -0.05) is 22.9 Å². The van der Waals surface area contributed by atoms with E-state index in [1.807, 2.05) is 0 Å². The van der Waals surface area contributed by atoms with E-state index in [-0.39, 0.29) is 43.4 Å². The number of ether oxygens (including phenoxy) is 5. The first kappa shape index (κ1) is 18.8. The van der Waals surface area contributed by atoms with E-state index >= 15 is 0 Å².